The average molecular weight is 339 g/mol. The van der Waals surface area contributed by atoms with Gasteiger partial charge < -0.3 is 14.7 Å². The standard InChI is InChI=1S/C17H23ClN2O3/c1-17(2,3)15(21)11-20(16(22)8-18)10-12-5-6-13(9-19)14(7-12)23-4/h5-7,15,21H,8,10-11H2,1-4H3. The predicted octanol–water partition coefficient (Wildman–Crippen LogP) is 2.54. The van der Waals surface area contributed by atoms with Crippen LogP contribution >= 0.6 is 11.6 Å². The third kappa shape index (κ3) is 5.42. The van der Waals surface area contributed by atoms with Gasteiger partial charge in [0, 0.05) is 13.1 Å². The van der Waals surface area contributed by atoms with Crippen LogP contribution in [0.3, 0.4) is 0 Å². The molecule has 1 unspecified atom stereocenters. The van der Waals surface area contributed by atoms with Gasteiger partial charge in [-0.05, 0) is 23.1 Å². The third-order valence-electron chi connectivity index (χ3n) is 3.62. The Balaban J connectivity index is 2.98. The Labute approximate surface area is 142 Å². The SMILES string of the molecule is COc1cc(CN(CC(O)C(C)(C)C)C(=O)CCl)ccc1C#N. The summed E-state index contributed by atoms with van der Waals surface area (Å²) in [5.74, 6) is 0.0579. The first-order valence-electron chi connectivity index (χ1n) is 7.31. The van der Waals surface area contributed by atoms with Crippen LogP contribution in [0.4, 0.5) is 0 Å². The molecular formula is C17H23ClN2O3. The monoisotopic (exact) mass is 338 g/mol. The summed E-state index contributed by atoms with van der Waals surface area (Å²) in [5.41, 5.74) is 0.898. The van der Waals surface area contributed by atoms with Gasteiger partial charge in [-0.3, -0.25) is 4.79 Å². The molecule has 1 atom stereocenters. The summed E-state index contributed by atoms with van der Waals surface area (Å²) >= 11 is 5.68. The summed E-state index contributed by atoms with van der Waals surface area (Å²) in [4.78, 5) is 13.6. The molecule has 0 aromatic heterocycles. The first-order valence-corrected chi connectivity index (χ1v) is 7.85. The van der Waals surface area contributed by atoms with Gasteiger partial charge in [0.2, 0.25) is 5.91 Å². The minimum Gasteiger partial charge on any atom is -0.495 e. The Morgan fingerprint density at radius 3 is 2.61 bits per heavy atom. The van der Waals surface area contributed by atoms with Crippen LogP contribution in [0, 0.1) is 16.7 Å². The predicted molar refractivity (Wildman–Crippen MR) is 89.3 cm³/mol. The topological polar surface area (TPSA) is 73.6 Å². The molecule has 1 N–H and O–H groups in total. The molecule has 6 heteroatoms. The highest BCUT2D eigenvalue weighted by atomic mass is 35.5. The highest BCUT2D eigenvalue weighted by molar-refractivity contribution is 6.27. The number of benzene rings is 1. The highest BCUT2D eigenvalue weighted by Gasteiger charge is 2.26. The zero-order valence-corrected chi connectivity index (χ0v) is 14.7. The molecule has 1 rings (SSSR count). The molecule has 0 heterocycles. The summed E-state index contributed by atoms with van der Waals surface area (Å²) in [6.45, 7) is 6.21. The smallest absolute Gasteiger partial charge is 0.237 e. The zero-order chi connectivity index (χ0) is 17.6. The van der Waals surface area contributed by atoms with Crippen LogP contribution in [0.5, 0.6) is 5.75 Å². The van der Waals surface area contributed by atoms with E-state index in [9.17, 15) is 9.90 Å². The minimum absolute atomic E-state index is 0.149. The lowest BCUT2D eigenvalue weighted by Crippen LogP contribution is -2.42. The molecule has 126 valence electrons. The van der Waals surface area contributed by atoms with Crippen molar-refractivity contribution in [3.8, 4) is 11.8 Å². The second kappa shape index (κ2) is 8.19. The number of aliphatic hydroxyl groups excluding tert-OH is 1. The van der Waals surface area contributed by atoms with Crippen LogP contribution in [0.15, 0.2) is 18.2 Å². The van der Waals surface area contributed by atoms with Gasteiger partial charge in [-0.25, -0.2) is 0 Å². The number of carbonyl (C=O) groups excluding carboxylic acids is 1. The molecular weight excluding hydrogens is 316 g/mol. The summed E-state index contributed by atoms with van der Waals surface area (Å²) in [6, 6.07) is 7.18. The maximum atomic E-state index is 12.1. The molecule has 0 fully saturated rings. The van der Waals surface area contributed by atoms with E-state index in [0.29, 0.717) is 17.9 Å². The lowest BCUT2D eigenvalue weighted by Gasteiger charge is -2.32. The van der Waals surface area contributed by atoms with Crippen LogP contribution in [-0.4, -0.2) is 41.6 Å². The molecule has 0 aliphatic heterocycles. The van der Waals surface area contributed by atoms with Crippen LogP contribution in [0.25, 0.3) is 0 Å². The van der Waals surface area contributed by atoms with E-state index in [2.05, 4.69) is 0 Å². The number of nitriles is 1. The van der Waals surface area contributed by atoms with E-state index in [1.54, 1.807) is 18.2 Å². The maximum absolute atomic E-state index is 12.1. The fraction of sp³-hybridized carbons (Fsp3) is 0.529. The van der Waals surface area contributed by atoms with E-state index in [-0.39, 0.29) is 23.7 Å². The second-order valence-electron chi connectivity index (χ2n) is 6.44. The molecule has 1 aromatic carbocycles. The first kappa shape index (κ1) is 19.3. The molecule has 1 amide bonds. The largest absolute Gasteiger partial charge is 0.495 e. The van der Waals surface area contributed by atoms with Crippen molar-refractivity contribution in [3.05, 3.63) is 29.3 Å². The second-order valence-corrected chi connectivity index (χ2v) is 6.70. The molecule has 1 aromatic rings. The third-order valence-corrected chi connectivity index (χ3v) is 3.85. The van der Waals surface area contributed by atoms with Crippen molar-refractivity contribution in [1.29, 1.82) is 5.26 Å². The van der Waals surface area contributed by atoms with Crippen molar-refractivity contribution in [2.45, 2.75) is 33.4 Å². The summed E-state index contributed by atoms with van der Waals surface area (Å²) in [6.07, 6.45) is -0.671. The molecule has 0 saturated heterocycles. The summed E-state index contributed by atoms with van der Waals surface area (Å²) in [7, 11) is 1.49. The molecule has 5 nitrogen and oxygen atoms in total. The number of amides is 1. The number of alkyl halides is 1. The number of methoxy groups -OCH3 is 1. The lowest BCUT2D eigenvalue weighted by atomic mass is 9.89. The maximum Gasteiger partial charge on any atom is 0.237 e. The molecule has 0 radical (unpaired) electrons. The first-order chi connectivity index (χ1) is 10.7. The number of nitrogens with zero attached hydrogens (tertiary/aromatic N) is 2. The van der Waals surface area contributed by atoms with Gasteiger partial charge in [0.05, 0.1) is 18.8 Å². The van der Waals surface area contributed by atoms with Crippen molar-refractivity contribution in [2.75, 3.05) is 19.5 Å². The Morgan fingerprint density at radius 2 is 2.13 bits per heavy atom. The number of rotatable bonds is 6. The lowest BCUT2D eigenvalue weighted by molar-refractivity contribution is -0.131. The van der Waals surface area contributed by atoms with E-state index in [1.807, 2.05) is 26.8 Å². The average Bonchev–Trinajstić information content (AvgIpc) is 2.52. The van der Waals surface area contributed by atoms with Gasteiger partial charge in [-0.1, -0.05) is 26.8 Å². The quantitative estimate of drug-likeness (QED) is 0.809. The van der Waals surface area contributed by atoms with E-state index in [1.165, 1.54) is 12.0 Å². The number of aliphatic hydroxyl groups is 1. The summed E-state index contributed by atoms with van der Waals surface area (Å²) in [5, 5.41) is 19.3. The van der Waals surface area contributed by atoms with E-state index in [0.717, 1.165) is 5.56 Å². The van der Waals surface area contributed by atoms with Gasteiger partial charge in [0.1, 0.15) is 17.7 Å². The number of carbonyl (C=O) groups is 1. The van der Waals surface area contributed by atoms with E-state index >= 15 is 0 Å². The molecule has 0 spiro atoms. The molecule has 0 aliphatic rings. The van der Waals surface area contributed by atoms with E-state index in [4.69, 9.17) is 21.6 Å². The van der Waals surface area contributed by atoms with Gasteiger partial charge in [-0.15, -0.1) is 11.6 Å². The van der Waals surface area contributed by atoms with Crippen molar-refractivity contribution >= 4 is 17.5 Å². The number of ether oxygens (including phenoxy) is 1. The Bertz CT molecular complexity index is 590. The van der Waals surface area contributed by atoms with Gasteiger partial charge in [0.15, 0.2) is 0 Å². The van der Waals surface area contributed by atoms with Crippen LogP contribution in [-0.2, 0) is 11.3 Å². The molecule has 0 bridgehead atoms. The summed E-state index contributed by atoms with van der Waals surface area (Å²) < 4.78 is 5.18. The Hall–Kier alpha value is -1.77. The fourth-order valence-electron chi connectivity index (χ4n) is 1.97. The normalized spacial score (nSPS) is 12.4. The number of hydrogen-bond donors (Lipinski definition) is 1. The highest BCUT2D eigenvalue weighted by Crippen LogP contribution is 2.23. The molecule has 23 heavy (non-hydrogen) atoms. The van der Waals surface area contributed by atoms with Crippen LogP contribution < -0.4 is 4.74 Å². The van der Waals surface area contributed by atoms with Crippen molar-refractivity contribution in [3.63, 3.8) is 0 Å². The van der Waals surface area contributed by atoms with Gasteiger partial charge >= 0.3 is 0 Å². The van der Waals surface area contributed by atoms with E-state index < -0.39 is 6.10 Å². The zero-order valence-electron chi connectivity index (χ0n) is 14.0. The number of hydrogen-bond acceptors (Lipinski definition) is 4. The Morgan fingerprint density at radius 1 is 1.48 bits per heavy atom. The van der Waals surface area contributed by atoms with Crippen molar-refractivity contribution in [1.82, 2.24) is 4.90 Å². The fourth-order valence-corrected chi connectivity index (χ4v) is 2.14. The molecule has 0 saturated carbocycles. The van der Waals surface area contributed by atoms with Crippen molar-refractivity contribution in [2.24, 2.45) is 5.41 Å². The van der Waals surface area contributed by atoms with Crippen LogP contribution in [0.1, 0.15) is 31.9 Å². The van der Waals surface area contributed by atoms with Gasteiger partial charge in [-0.2, -0.15) is 5.26 Å². The Kier molecular flexibility index (Phi) is 6.86. The number of halogens is 1. The van der Waals surface area contributed by atoms with Gasteiger partial charge in [0.25, 0.3) is 0 Å². The van der Waals surface area contributed by atoms with Crippen molar-refractivity contribution < 1.29 is 14.6 Å². The molecule has 0 aliphatic carbocycles. The minimum atomic E-state index is -0.671. The van der Waals surface area contributed by atoms with Crippen LogP contribution in [0.2, 0.25) is 0 Å².